The second-order valence-electron chi connectivity index (χ2n) is 10.7. The number of benzene rings is 3. The van der Waals surface area contributed by atoms with Crippen LogP contribution >= 0.6 is 23.1 Å². The molecule has 0 saturated heterocycles. The molecule has 0 radical (unpaired) electrons. The van der Waals surface area contributed by atoms with Gasteiger partial charge in [0.05, 0.1) is 56.8 Å². The number of amides is 2. The van der Waals surface area contributed by atoms with Gasteiger partial charge in [0.2, 0.25) is 0 Å². The molecule has 1 aliphatic heterocycles. The molecule has 0 spiro atoms. The van der Waals surface area contributed by atoms with Crippen LogP contribution in [-0.2, 0) is 17.9 Å². The van der Waals surface area contributed by atoms with Crippen molar-refractivity contribution in [2.75, 3.05) is 27.1 Å². The van der Waals surface area contributed by atoms with Gasteiger partial charge in [0.1, 0.15) is 5.75 Å². The van der Waals surface area contributed by atoms with Crippen molar-refractivity contribution >= 4 is 40.6 Å². The van der Waals surface area contributed by atoms with Gasteiger partial charge in [0, 0.05) is 17.5 Å². The van der Waals surface area contributed by atoms with E-state index in [0.29, 0.717) is 46.8 Å². The lowest BCUT2D eigenvalue weighted by molar-refractivity contribution is -0.130. The molecule has 3 aromatic carbocycles. The number of thioether (sulfide) groups is 1. The number of hydrogen-bond acceptors (Lipinski definition) is 10. The van der Waals surface area contributed by atoms with Gasteiger partial charge in [-0.3, -0.25) is 9.59 Å². The summed E-state index contributed by atoms with van der Waals surface area (Å²) in [4.78, 5) is 27.9. The Labute approximate surface area is 286 Å². The number of rotatable bonds is 13. The number of nitrogens with one attached hydrogen (secondary N) is 1. The van der Waals surface area contributed by atoms with Gasteiger partial charge in [-0.1, -0.05) is 66.4 Å². The Hall–Kier alpha value is -5.14. The normalized spacial score (nSPS) is 14.0. The lowest BCUT2D eigenvalue weighted by Crippen LogP contribution is -2.29. The first-order valence-electron chi connectivity index (χ1n) is 15.1. The molecule has 0 saturated carbocycles. The van der Waals surface area contributed by atoms with Crippen LogP contribution < -0.4 is 19.5 Å². The highest BCUT2D eigenvalue weighted by molar-refractivity contribution is 7.99. The number of para-hydroxylation sites is 1. The Kier molecular flexibility index (Phi) is 10.4. The molecule has 2 amide bonds. The fourth-order valence-electron chi connectivity index (χ4n) is 5.45. The van der Waals surface area contributed by atoms with Crippen LogP contribution in [0.1, 0.15) is 44.6 Å². The molecule has 1 N–H and O–H groups in total. The summed E-state index contributed by atoms with van der Waals surface area (Å²) in [5, 5.41) is 20.7. The quantitative estimate of drug-likeness (QED) is 0.155. The predicted octanol–water partition coefficient (Wildman–Crippen LogP) is 5.81. The molecule has 0 fully saturated rings. The molecular formula is C35H34N6O5S2. The molecule has 11 nitrogen and oxygen atoms in total. The van der Waals surface area contributed by atoms with Crippen LogP contribution in [0.3, 0.4) is 0 Å². The van der Waals surface area contributed by atoms with Crippen LogP contribution in [0.5, 0.6) is 17.2 Å². The van der Waals surface area contributed by atoms with Gasteiger partial charge in [-0.2, -0.15) is 5.10 Å². The largest absolute Gasteiger partial charge is 0.497 e. The second kappa shape index (κ2) is 15.2. The van der Waals surface area contributed by atoms with Crippen LogP contribution in [-0.4, -0.2) is 64.4 Å². The van der Waals surface area contributed by atoms with Gasteiger partial charge in [-0.25, -0.2) is 5.01 Å². The lowest BCUT2D eigenvalue weighted by atomic mass is 9.99. The summed E-state index contributed by atoms with van der Waals surface area (Å²) in [6.45, 7) is 0.603. The van der Waals surface area contributed by atoms with Crippen molar-refractivity contribution in [1.29, 1.82) is 0 Å². The molecule has 6 rings (SSSR count). The summed E-state index contributed by atoms with van der Waals surface area (Å²) in [5.41, 5.74) is 3.14. The third kappa shape index (κ3) is 7.21. The number of thiophene rings is 1. The lowest BCUT2D eigenvalue weighted by Gasteiger charge is -2.24. The highest BCUT2D eigenvalue weighted by Crippen LogP contribution is 2.42. The van der Waals surface area contributed by atoms with Crippen LogP contribution in [0.25, 0.3) is 0 Å². The van der Waals surface area contributed by atoms with E-state index in [2.05, 4.69) is 15.5 Å². The van der Waals surface area contributed by atoms with Crippen molar-refractivity contribution in [3.63, 3.8) is 0 Å². The first kappa shape index (κ1) is 32.8. The van der Waals surface area contributed by atoms with E-state index in [1.807, 2.05) is 70.6 Å². The average Bonchev–Trinajstić information content (AvgIpc) is 3.90. The monoisotopic (exact) mass is 682 g/mol. The molecule has 2 aromatic heterocycles. The summed E-state index contributed by atoms with van der Waals surface area (Å²) in [7, 11) is 4.74. The third-order valence-electron chi connectivity index (χ3n) is 7.80. The maximum atomic E-state index is 14.0. The predicted molar refractivity (Wildman–Crippen MR) is 185 cm³/mol. The number of methoxy groups -OCH3 is 3. The van der Waals surface area contributed by atoms with E-state index in [0.717, 1.165) is 21.7 Å². The highest BCUT2D eigenvalue weighted by atomic mass is 32.2. The molecule has 3 heterocycles. The topological polar surface area (TPSA) is 120 Å². The number of carbonyl (C=O) groups excluding carboxylic acids is 2. The average molecular weight is 683 g/mol. The number of carbonyl (C=O) groups is 2. The van der Waals surface area contributed by atoms with Gasteiger partial charge in [-0.05, 0) is 41.3 Å². The summed E-state index contributed by atoms with van der Waals surface area (Å²) in [6.07, 6.45) is 0.530. The van der Waals surface area contributed by atoms with Crippen LogP contribution in [0.2, 0.25) is 0 Å². The zero-order chi connectivity index (χ0) is 33.5. The van der Waals surface area contributed by atoms with Crippen LogP contribution in [0, 0.1) is 0 Å². The highest BCUT2D eigenvalue weighted by Gasteiger charge is 2.36. The SMILES string of the molecule is COc1cccc(C(=O)NCc2nnc(SCC(=O)N3N=C(c4cccs4)CC3c3cccc(OC)c3OC)n2Cc2ccccc2)c1. The number of ether oxygens (including phenoxy) is 3. The summed E-state index contributed by atoms with van der Waals surface area (Å²) < 4.78 is 18.5. The van der Waals surface area contributed by atoms with Crippen molar-refractivity contribution in [2.45, 2.75) is 30.7 Å². The van der Waals surface area contributed by atoms with Crippen molar-refractivity contribution in [1.82, 2.24) is 25.1 Å². The van der Waals surface area contributed by atoms with E-state index < -0.39 is 0 Å². The standard InChI is InChI=1S/C35H34N6O5S2/c1-44-25-13-7-12-24(18-25)34(43)36-20-31-37-38-35(40(31)21-23-10-5-4-6-11-23)48-22-32(42)41-28(19-27(39-41)30-16-9-17-47-30)26-14-8-15-29(45-2)33(26)46-3/h4-18,28H,19-22H2,1-3H3,(H,36,43). The minimum atomic E-state index is -0.384. The van der Waals surface area contributed by atoms with E-state index in [-0.39, 0.29) is 30.2 Å². The Balaban J connectivity index is 1.24. The van der Waals surface area contributed by atoms with Crippen molar-refractivity contribution in [2.24, 2.45) is 5.10 Å². The molecule has 0 bridgehead atoms. The fourth-order valence-corrected chi connectivity index (χ4v) is 6.98. The number of nitrogens with zero attached hydrogens (tertiary/aromatic N) is 5. The Bertz CT molecular complexity index is 1910. The summed E-state index contributed by atoms with van der Waals surface area (Å²) in [5.74, 6) is 1.91. The maximum Gasteiger partial charge on any atom is 0.253 e. The van der Waals surface area contributed by atoms with E-state index in [1.54, 1.807) is 61.9 Å². The van der Waals surface area contributed by atoms with Crippen LogP contribution in [0.15, 0.2) is 101 Å². The molecule has 246 valence electrons. The zero-order valence-corrected chi connectivity index (χ0v) is 28.3. The maximum absolute atomic E-state index is 14.0. The van der Waals surface area contributed by atoms with Gasteiger partial charge in [-0.15, -0.1) is 21.5 Å². The van der Waals surface area contributed by atoms with Crippen molar-refractivity contribution in [3.8, 4) is 17.2 Å². The minimum Gasteiger partial charge on any atom is -0.497 e. The van der Waals surface area contributed by atoms with Gasteiger partial charge in [0.25, 0.3) is 11.8 Å². The first-order valence-corrected chi connectivity index (χ1v) is 17.0. The molecule has 1 unspecified atom stereocenters. The van der Waals surface area contributed by atoms with E-state index in [1.165, 1.54) is 11.8 Å². The Morgan fingerprint density at radius 2 is 1.77 bits per heavy atom. The van der Waals surface area contributed by atoms with Gasteiger partial charge >= 0.3 is 0 Å². The molecule has 1 aliphatic rings. The molecule has 5 aromatic rings. The Morgan fingerprint density at radius 3 is 2.52 bits per heavy atom. The number of aromatic nitrogens is 3. The van der Waals surface area contributed by atoms with E-state index in [9.17, 15) is 9.59 Å². The van der Waals surface area contributed by atoms with Gasteiger partial charge in [0.15, 0.2) is 22.5 Å². The Morgan fingerprint density at radius 1 is 0.938 bits per heavy atom. The van der Waals surface area contributed by atoms with Crippen molar-refractivity contribution in [3.05, 3.63) is 118 Å². The smallest absolute Gasteiger partial charge is 0.253 e. The van der Waals surface area contributed by atoms with Crippen molar-refractivity contribution < 1.29 is 23.8 Å². The summed E-state index contributed by atoms with van der Waals surface area (Å²) in [6, 6.07) is 26.1. The van der Waals surface area contributed by atoms with E-state index in [4.69, 9.17) is 19.3 Å². The van der Waals surface area contributed by atoms with E-state index >= 15 is 0 Å². The fraction of sp³-hybridized carbons (Fsp3) is 0.229. The molecule has 1 atom stereocenters. The number of hydrazone groups is 1. The number of hydrogen-bond donors (Lipinski definition) is 1. The van der Waals surface area contributed by atoms with Gasteiger partial charge < -0.3 is 24.1 Å². The molecule has 0 aliphatic carbocycles. The second-order valence-corrected chi connectivity index (χ2v) is 12.6. The zero-order valence-electron chi connectivity index (χ0n) is 26.7. The molecule has 48 heavy (non-hydrogen) atoms. The molecule has 13 heteroatoms. The van der Waals surface area contributed by atoms with Crippen LogP contribution in [0.4, 0.5) is 0 Å². The molecular weight excluding hydrogens is 649 g/mol. The first-order chi connectivity index (χ1) is 23.5. The summed E-state index contributed by atoms with van der Waals surface area (Å²) >= 11 is 2.86. The third-order valence-corrected chi connectivity index (χ3v) is 9.67. The minimum absolute atomic E-state index is 0.0626.